The Balaban J connectivity index is 2.78. The summed E-state index contributed by atoms with van der Waals surface area (Å²) < 4.78 is 4.98. The average molecular weight is 207 g/mol. The zero-order chi connectivity index (χ0) is 11.3. The van der Waals surface area contributed by atoms with E-state index < -0.39 is 0 Å². The SMILES string of the molecule is CNC(COC)C(=O)c1ccc(C)cc1. The van der Waals surface area contributed by atoms with Gasteiger partial charge in [-0.05, 0) is 14.0 Å². The lowest BCUT2D eigenvalue weighted by atomic mass is 10.0. The Morgan fingerprint density at radius 1 is 1.40 bits per heavy atom. The van der Waals surface area contributed by atoms with Crippen molar-refractivity contribution in [3.63, 3.8) is 0 Å². The summed E-state index contributed by atoms with van der Waals surface area (Å²) in [7, 11) is 3.35. The summed E-state index contributed by atoms with van der Waals surface area (Å²) in [5.74, 6) is 0.0688. The number of carbonyl (C=O) groups excluding carboxylic acids is 1. The molecule has 0 spiro atoms. The largest absolute Gasteiger partial charge is 0.383 e. The summed E-state index contributed by atoms with van der Waals surface area (Å²) in [6, 6.07) is 7.30. The minimum Gasteiger partial charge on any atom is -0.383 e. The van der Waals surface area contributed by atoms with E-state index in [9.17, 15) is 4.79 Å². The van der Waals surface area contributed by atoms with Gasteiger partial charge in [0.2, 0.25) is 0 Å². The number of likely N-dealkylation sites (N-methyl/N-ethyl adjacent to an activating group) is 1. The zero-order valence-corrected chi connectivity index (χ0v) is 9.41. The van der Waals surface area contributed by atoms with E-state index in [-0.39, 0.29) is 11.8 Å². The molecule has 1 aromatic rings. The van der Waals surface area contributed by atoms with Crippen LogP contribution in [0.25, 0.3) is 0 Å². The van der Waals surface area contributed by atoms with Crippen LogP contribution in [0.4, 0.5) is 0 Å². The van der Waals surface area contributed by atoms with E-state index in [0.29, 0.717) is 6.61 Å². The van der Waals surface area contributed by atoms with Crippen LogP contribution in [-0.4, -0.2) is 32.6 Å². The maximum atomic E-state index is 11.9. The molecule has 0 radical (unpaired) electrons. The Labute approximate surface area is 90.4 Å². The minimum atomic E-state index is -0.266. The molecule has 0 saturated carbocycles. The topological polar surface area (TPSA) is 38.3 Å². The molecular weight excluding hydrogens is 190 g/mol. The summed E-state index contributed by atoms with van der Waals surface area (Å²) in [6.45, 7) is 2.39. The number of nitrogens with one attached hydrogen (secondary N) is 1. The molecule has 1 atom stereocenters. The Kier molecular flexibility index (Phi) is 4.46. The molecule has 1 unspecified atom stereocenters. The van der Waals surface area contributed by atoms with E-state index in [1.165, 1.54) is 0 Å². The van der Waals surface area contributed by atoms with Crippen molar-refractivity contribution < 1.29 is 9.53 Å². The quantitative estimate of drug-likeness (QED) is 0.742. The molecule has 1 N–H and O–H groups in total. The predicted octanol–water partition coefficient (Wildman–Crippen LogP) is 1.41. The van der Waals surface area contributed by atoms with Gasteiger partial charge in [-0.15, -0.1) is 0 Å². The molecule has 1 aromatic carbocycles. The summed E-state index contributed by atoms with van der Waals surface area (Å²) >= 11 is 0. The number of hydrogen-bond donors (Lipinski definition) is 1. The van der Waals surface area contributed by atoms with E-state index in [4.69, 9.17) is 4.74 Å². The predicted molar refractivity (Wildman–Crippen MR) is 60.2 cm³/mol. The van der Waals surface area contributed by atoms with E-state index in [1.54, 1.807) is 14.2 Å². The van der Waals surface area contributed by atoms with Crippen LogP contribution in [0, 0.1) is 6.92 Å². The lowest BCUT2D eigenvalue weighted by Crippen LogP contribution is -2.38. The summed E-state index contributed by atoms with van der Waals surface area (Å²) in [6.07, 6.45) is 0. The number of methoxy groups -OCH3 is 1. The highest BCUT2D eigenvalue weighted by atomic mass is 16.5. The molecule has 0 aliphatic carbocycles. The van der Waals surface area contributed by atoms with Crippen LogP contribution < -0.4 is 5.32 Å². The number of ether oxygens (including phenoxy) is 1. The highest BCUT2D eigenvalue weighted by Crippen LogP contribution is 2.06. The van der Waals surface area contributed by atoms with Crippen molar-refractivity contribution in [2.24, 2.45) is 0 Å². The number of aryl methyl sites for hydroxylation is 1. The van der Waals surface area contributed by atoms with Crippen molar-refractivity contribution >= 4 is 5.78 Å². The molecule has 0 saturated heterocycles. The first kappa shape index (κ1) is 11.9. The zero-order valence-electron chi connectivity index (χ0n) is 9.41. The molecule has 15 heavy (non-hydrogen) atoms. The number of benzene rings is 1. The number of Topliss-reactive ketones (excluding diaryl/α,β-unsaturated/α-hetero) is 1. The van der Waals surface area contributed by atoms with Crippen LogP contribution in [-0.2, 0) is 4.74 Å². The Morgan fingerprint density at radius 2 is 2.00 bits per heavy atom. The molecule has 3 nitrogen and oxygen atoms in total. The third kappa shape index (κ3) is 3.15. The maximum absolute atomic E-state index is 11.9. The second-order valence-corrected chi connectivity index (χ2v) is 3.53. The second kappa shape index (κ2) is 5.63. The van der Waals surface area contributed by atoms with E-state index in [2.05, 4.69) is 5.32 Å². The first-order valence-electron chi connectivity index (χ1n) is 4.96. The number of hydrogen-bond acceptors (Lipinski definition) is 3. The highest BCUT2D eigenvalue weighted by molar-refractivity contribution is 6.00. The molecular formula is C12H17NO2. The fraction of sp³-hybridized carbons (Fsp3) is 0.417. The molecule has 0 aliphatic rings. The Hall–Kier alpha value is -1.19. The molecule has 0 aliphatic heterocycles. The first-order chi connectivity index (χ1) is 7.19. The van der Waals surface area contributed by atoms with Gasteiger partial charge >= 0.3 is 0 Å². The Morgan fingerprint density at radius 3 is 2.47 bits per heavy atom. The lowest BCUT2D eigenvalue weighted by molar-refractivity contribution is 0.0865. The van der Waals surface area contributed by atoms with Crippen LogP contribution in [0.3, 0.4) is 0 Å². The third-order valence-electron chi connectivity index (χ3n) is 2.33. The number of carbonyl (C=O) groups is 1. The Bertz CT molecular complexity index is 319. The molecule has 1 rings (SSSR count). The molecule has 0 bridgehead atoms. The van der Waals surface area contributed by atoms with Gasteiger partial charge in [0.05, 0.1) is 12.6 Å². The van der Waals surface area contributed by atoms with Gasteiger partial charge in [-0.1, -0.05) is 29.8 Å². The molecule has 0 aromatic heterocycles. The van der Waals surface area contributed by atoms with Crippen molar-refractivity contribution in [2.75, 3.05) is 20.8 Å². The maximum Gasteiger partial charge on any atom is 0.182 e. The molecule has 3 heteroatoms. The van der Waals surface area contributed by atoms with Crippen molar-refractivity contribution in [1.82, 2.24) is 5.32 Å². The van der Waals surface area contributed by atoms with Crippen LogP contribution in [0.5, 0.6) is 0 Å². The van der Waals surface area contributed by atoms with E-state index >= 15 is 0 Å². The van der Waals surface area contributed by atoms with Gasteiger partial charge in [0.1, 0.15) is 0 Å². The van der Waals surface area contributed by atoms with Crippen LogP contribution in [0.2, 0.25) is 0 Å². The fourth-order valence-corrected chi connectivity index (χ4v) is 1.38. The van der Waals surface area contributed by atoms with E-state index in [0.717, 1.165) is 11.1 Å². The standard InChI is InChI=1S/C12H17NO2/c1-9-4-6-10(7-5-9)12(14)11(13-2)8-15-3/h4-7,11,13H,8H2,1-3H3. The van der Waals surface area contributed by atoms with Gasteiger partial charge in [-0.2, -0.15) is 0 Å². The molecule has 0 heterocycles. The summed E-state index contributed by atoms with van der Waals surface area (Å²) in [5, 5.41) is 2.94. The first-order valence-corrected chi connectivity index (χ1v) is 4.96. The number of rotatable bonds is 5. The average Bonchev–Trinajstić information content (AvgIpc) is 2.26. The van der Waals surface area contributed by atoms with Crippen LogP contribution in [0.15, 0.2) is 24.3 Å². The van der Waals surface area contributed by atoms with Crippen molar-refractivity contribution in [2.45, 2.75) is 13.0 Å². The fourth-order valence-electron chi connectivity index (χ4n) is 1.38. The lowest BCUT2D eigenvalue weighted by Gasteiger charge is -2.13. The number of ketones is 1. The van der Waals surface area contributed by atoms with Crippen molar-refractivity contribution in [3.05, 3.63) is 35.4 Å². The molecule has 0 fully saturated rings. The summed E-state index contributed by atoms with van der Waals surface area (Å²) in [5.41, 5.74) is 1.87. The van der Waals surface area contributed by atoms with Crippen LogP contribution >= 0.6 is 0 Å². The van der Waals surface area contributed by atoms with Gasteiger partial charge in [-0.25, -0.2) is 0 Å². The molecule has 82 valence electrons. The van der Waals surface area contributed by atoms with E-state index in [1.807, 2.05) is 31.2 Å². The minimum absolute atomic E-state index is 0.0688. The highest BCUT2D eigenvalue weighted by Gasteiger charge is 2.17. The van der Waals surface area contributed by atoms with Gasteiger partial charge in [0.15, 0.2) is 5.78 Å². The van der Waals surface area contributed by atoms with Gasteiger partial charge < -0.3 is 10.1 Å². The van der Waals surface area contributed by atoms with Gasteiger partial charge in [0.25, 0.3) is 0 Å². The normalized spacial score (nSPS) is 12.5. The second-order valence-electron chi connectivity index (χ2n) is 3.53. The van der Waals surface area contributed by atoms with Gasteiger partial charge in [0, 0.05) is 12.7 Å². The van der Waals surface area contributed by atoms with Crippen molar-refractivity contribution in [3.8, 4) is 0 Å². The monoisotopic (exact) mass is 207 g/mol. The smallest absolute Gasteiger partial charge is 0.182 e. The molecule has 0 amide bonds. The summed E-state index contributed by atoms with van der Waals surface area (Å²) in [4.78, 5) is 11.9. The third-order valence-corrected chi connectivity index (χ3v) is 2.33. The van der Waals surface area contributed by atoms with Crippen LogP contribution in [0.1, 0.15) is 15.9 Å². The van der Waals surface area contributed by atoms with Gasteiger partial charge in [-0.3, -0.25) is 4.79 Å². The van der Waals surface area contributed by atoms with Crippen molar-refractivity contribution in [1.29, 1.82) is 0 Å².